The van der Waals surface area contributed by atoms with Gasteiger partial charge in [0.2, 0.25) is 6.43 Å². The Bertz CT molecular complexity index is 513. The van der Waals surface area contributed by atoms with Crippen molar-refractivity contribution in [1.82, 2.24) is 0 Å². The van der Waals surface area contributed by atoms with Gasteiger partial charge in [0.1, 0.15) is 5.75 Å². The van der Waals surface area contributed by atoms with Gasteiger partial charge in [0.05, 0.1) is 0 Å². The molecule has 1 aromatic carbocycles. The Morgan fingerprint density at radius 2 is 1.67 bits per heavy atom. The highest BCUT2D eigenvalue weighted by molar-refractivity contribution is 5.30. The molecular weight excluding hydrogens is 327 g/mol. The van der Waals surface area contributed by atoms with Gasteiger partial charge >= 0.3 is 6.36 Å². The van der Waals surface area contributed by atoms with Gasteiger partial charge in [-0.1, -0.05) is 24.3 Å². The molecule has 6 heteroatoms. The number of allylic oxidation sites excluding steroid dienone is 2. The lowest BCUT2D eigenvalue weighted by Gasteiger charge is -2.27. The normalized spacial score (nSPS) is 22.2. The van der Waals surface area contributed by atoms with Crippen molar-refractivity contribution in [3.8, 4) is 5.75 Å². The molecule has 0 aromatic heterocycles. The van der Waals surface area contributed by atoms with Crippen molar-refractivity contribution in [2.45, 2.75) is 57.2 Å². The Morgan fingerprint density at radius 3 is 2.21 bits per heavy atom. The third kappa shape index (κ3) is 6.49. The van der Waals surface area contributed by atoms with Gasteiger partial charge in [-0.2, -0.15) is 0 Å². The van der Waals surface area contributed by atoms with E-state index in [2.05, 4.69) is 4.74 Å². The molecule has 134 valence electrons. The number of benzene rings is 1. The zero-order chi connectivity index (χ0) is 17.6. The lowest BCUT2D eigenvalue weighted by Crippen LogP contribution is -2.17. The summed E-state index contributed by atoms with van der Waals surface area (Å²) in [5, 5.41) is 0. The molecule has 0 spiro atoms. The zero-order valence-electron chi connectivity index (χ0n) is 13.2. The fourth-order valence-corrected chi connectivity index (χ4v) is 3.10. The average molecular weight is 348 g/mol. The minimum absolute atomic E-state index is 0.0990. The number of ether oxygens (including phenoxy) is 1. The Morgan fingerprint density at radius 1 is 1.04 bits per heavy atom. The first-order valence-electron chi connectivity index (χ1n) is 8.14. The van der Waals surface area contributed by atoms with Crippen LogP contribution in [0, 0.1) is 5.92 Å². The fourth-order valence-electron chi connectivity index (χ4n) is 3.10. The molecule has 0 aliphatic heterocycles. The average Bonchev–Trinajstić information content (AvgIpc) is 2.51. The van der Waals surface area contributed by atoms with E-state index in [-0.39, 0.29) is 12.2 Å². The first kappa shape index (κ1) is 18.7. The van der Waals surface area contributed by atoms with Crippen LogP contribution in [0.2, 0.25) is 0 Å². The Balaban J connectivity index is 1.79. The van der Waals surface area contributed by atoms with E-state index in [9.17, 15) is 22.0 Å². The maximum Gasteiger partial charge on any atom is 0.573 e. The number of alkyl halides is 5. The lowest BCUT2D eigenvalue weighted by molar-refractivity contribution is -0.274. The first-order chi connectivity index (χ1) is 11.3. The van der Waals surface area contributed by atoms with Gasteiger partial charge in [0, 0.05) is 6.42 Å². The molecule has 0 radical (unpaired) electrons. The van der Waals surface area contributed by atoms with Gasteiger partial charge in [0.15, 0.2) is 0 Å². The summed E-state index contributed by atoms with van der Waals surface area (Å²) in [5.74, 6) is 0.532. The van der Waals surface area contributed by atoms with Gasteiger partial charge in [-0.25, -0.2) is 8.78 Å². The van der Waals surface area contributed by atoms with E-state index < -0.39 is 12.8 Å². The molecule has 1 fully saturated rings. The smallest absolute Gasteiger partial charge is 0.406 e. The fraction of sp³-hybridized carbons (Fsp3) is 0.556. The minimum Gasteiger partial charge on any atom is -0.406 e. The summed E-state index contributed by atoms with van der Waals surface area (Å²) in [5.41, 5.74) is 1.02. The lowest BCUT2D eigenvalue weighted by atomic mass is 9.78. The largest absolute Gasteiger partial charge is 0.573 e. The second kappa shape index (κ2) is 8.49. The zero-order valence-corrected chi connectivity index (χ0v) is 13.2. The molecule has 1 saturated carbocycles. The third-order valence-corrected chi connectivity index (χ3v) is 4.32. The van der Waals surface area contributed by atoms with Crippen LogP contribution >= 0.6 is 0 Å². The molecule has 1 aliphatic carbocycles. The first-order valence-corrected chi connectivity index (χ1v) is 8.14. The predicted molar refractivity (Wildman–Crippen MR) is 82.2 cm³/mol. The SMILES string of the molecule is FC(F)CC/C=C/[C@H]1CC[C@H](c2ccc(OC(F)(F)F)cc2)CC1. The van der Waals surface area contributed by atoms with Crippen molar-refractivity contribution in [2.24, 2.45) is 5.92 Å². The van der Waals surface area contributed by atoms with E-state index >= 15 is 0 Å². The quantitative estimate of drug-likeness (QED) is 0.423. The van der Waals surface area contributed by atoms with E-state index in [1.807, 2.05) is 12.2 Å². The second-order valence-electron chi connectivity index (χ2n) is 6.13. The van der Waals surface area contributed by atoms with Crippen molar-refractivity contribution in [3.63, 3.8) is 0 Å². The van der Waals surface area contributed by atoms with Crippen LogP contribution in [0.1, 0.15) is 50.0 Å². The van der Waals surface area contributed by atoms with Crippen LogP contribution in [0.15, 0.2) is 36.4 Å². The highest BCUT2D eigenvalue weighted by atomic mass is 19.4. The van der Waals surface area contributed by atoms with E-state index in [0.29, 0.717) is 18.3 Å². The Hall–Kier alpha value is -1.59. The molecule has 0 amide bonds. The monoisotopic (exact) mass is 348 g/mol. The summed E-state index contributed by atoms with van der Waals surface area (Å²) in [7, 11) is 0. The van der Waals surface area contributed by atoms with E-state index in [0.717, 1.165) is 31.2 Å². The highest BCUT2D eigenvalue weighted by Gasteiger charge is 2.31. The number of rotatable bonds is 6. The molecule has 0 N–H and O–H groups in total. The summed E-state index contributed by atoms with van der Waals surface area (Å²) in [6.07, 6.45) is 1.07. The maximum atomic E-state index is 12.1. The van der Waals surface area contributed by atoms with Crippen LogP contribution in [0.25, 0.3) is 0 Å². The van der Waals surface area contributed by atoms with Gasteiger partial charge in [-0.15, -0.1) is 13.2 Å². The molecule has 24 heavy (non-hydrogen) atoms. The van der Waals surface area contributed by atoms with E-state index in [4.69, 9.17) is 0 Å². The van der Waals surface area contributed by atoms with Crippen molar-refractivity contribution in [3.05, 3.63) is 42.0 Å². The minimum atomic E-state index is -4.67. The molecule has 0 heterocycles. The Kier molecular flexibility index (Phi) is 6.63. The Labute approximate surface area is 138 Å². The number of hydrogen-bond donors (Lipinski definition) is 0. The third-order valence-electron chi connectivity index (χ3n) is 4.32. The van der Waals surface area contributed by atoms with E-state index in [1.54, 1.807) is 12.1 Å². The van der Waals surface area contributed by atoms with Crippen molar-refractivity contribution in [2.75, 3.05) is 0 Å². The van der Waals surface area contributed by atoms with Crippen molar-refractivity contribution >= 4 is 0 Å². The van der Waals surface area contributed by atoms with Gasteiger partial charge in [-0.05, 0) is 61.6 Å². The predicted octanol–water partition coefficient (Wildman–Crippen LogP) is 6.46. The molecule has 1 nitrogen and oxygen atoms in total. The molecule has 1 aromatic rings. The molecule has 0 bridgehead atoms. The van der Waals surface area contributed by atoms with Crippen molar-refractivity contribution < 1.29 is 26.7 Å². The standard InChI is InChI=1S/C18H21F5O/c19-17(20)4-2-1-3-13-5-7-14(8-6-13)15-9-11-16(12-10-15)24-18(21,22)23/h1,3,9-14,17H,2,4-8H2/b3-1+/t13-,14-. The summed E-state index contributed by atoms with van der Waals surface area (Å²) >= 11 is 0. The summed E-state index contributed by atoms with van der Waals surface area (Å²) in [4.78, 5) is 0. The molecule has 0 saturated heterocycles. The maximum absolute atomic E-state index is 12.1. The number of halogens is 5. The van der Waals surface area contributed by atoms with E-state index in [1.165, 1.54) is 12.1 Å². The van der Waals surface area contributed by atoms with Crippen LogP contribution < -0.4 is 4.74 Å². The molecule has 1 aliphatic rings. The van der Waals surface area contributed by atoms with Crippen LogP contribution in [-0.2, 0) is 0 Å². The van der Waals surface area contributed by atoms with Crippen molar-refractivity contribution in [1.29, 1.82) is 0 Å². The van der Waals surface area contributed by atoms with Crippen LogP contribution in [0.5, 0.6) is 5.75 Å². The molecule has 0 atom stereocenters. The second-order valence-corrected chi connectivity index (χ2v) is 6.13. The van der Waals surface area contributed by atoms with Gasteiger partial charge < -0.3 is 4.74 Å². The highest BCUT2D eigenvalue weighted by Crippen LogP contribution is 2.37. The topological polar surface area (TPSA) is 9.23 Å². The molecule has 2 rings (SSSR count). The van der Waals surface area contributed by atoms with Gasteiger partial charge in [0.25, 0.3) is 0 Å². The van der Waals surface area contributed by atoms with Crippen LogP contribution in [0.4, 0.5) is 22.0 Å². The summed E-state index contributed by atoms with van der Waals surface area (Å²) in [6.45, 7) is 0. The van der Waals surface area contributed by atoms with Gasteiger partial charge in [-0.3, -0.25) is 0 Å². The summed E-state index contributed by atoms with van der Waals surface area (Å²) < 4.78 is 64.4. The molecule has 0 unspecified atom stereocenters. The van der Waals surface area contributed by atoms with Crippen LogP contribution in [0.3, 0.4) is 0 Å². The number of hydrogen-bond acceptors (Lipinski definition) is 1. The molecular formula is C18H21F5O. The summed E-state index contributed by atoms with van der Waals surface area (Å²) in [6, 6.07) is 6.06. The van der Waals surface area contributed by atoms with Crippen LogP contribution in [-0.4, -0.2) is 12.8 Å².